The predicted molar refractivity (Wildman–Crippen MR) is 69.8 cm³/mol. The van der Waals surface area contributed by atoms with E-state index in [1.807, 2.05) is 31.2 Å². The number of hydrogen-bond acceptors (Lipinski definition) is 1. The van der Waals surface area contributed by atoms with Crippen LogP contribution in [0, 0.1) is 6.92 Å². The Labute approximate surface area is 103 Å². The van der Waals surface area contributed by atoms with Crippen molar-refractivity contribution in [2.45, 2.75) is 6.92 Å². The van der Waals surface area contributed by atoms with Crippen LogP contribution in [0.1, 0.15) is 16.2 Å². The van der Waals surface area contributed by atoms with Gasteiger partial charge in [0.15, 0.2) is 0 Å². The van der Waals surface area contributed by atoms with Gasteiger partial charge in [-0.15, -0.1) is 0 Å². The van der Waals surface area contributed by atoms with Crippen molar-refractivity contribution in [3.63, 3.8) is 0 Å². The van der Waals surface area contributed by atoms with Gasteiger partial charge < -0.3 is 15.1 Å². The van der Waals surface area contributed by atoms with E-state index >= 15 is 0 Å². The summed E-state index contributed by atoms with van der Waals surface area (Å²) in [6.45, 7) is 1.95. The fraction of sp³-hybridized carbons (Fsp3) is 0.0714. The number of rotatable bonds is 2. The van der Waals surface area contributed by atoms with E-state index in [-0.39, 0.29) is 5.69 Å². The minimum Gasteiger partial charge on any atom is -0.477 e. The number of aromatic nitrogens is 2. The van der Waals surface area contributed by atoms with Crippen molar-refractivity contribution in [2.24, 2.45) is 0 Å². The number of hydrogen-bond donors (Lipinski definition) is 3. The summed E-state index contributed by atoms with van der Waals surface area (Å²) >= 11 is 0. The van der Waals surface area contributed by atoms with E-state index in [2.05, 4.69) is 9.97 Å². The number of carbonyl (C=O) groups is 1. The van der Waals surface area contributed by atoms with Gasteiger partial charge in [0.25, 0.3) is 0 Å². The first kappa shape index (κ1) is 10.7. The normalized spacial score (nSPS) is 10.9. The molecule has 0 fully saturated rings. The van der Waals surface area contributed by atoms with Crippen LogP contribution >= 0.6 is 0 Å². The van der Waals surface area contributed by atoms with Gasteiger partial charge in [0.2, 0.25) is 0 Å². The number of nitrogens with one attached hydrogen (secondary N) is 2. The van der Waals surface area contributed by atoms with Gasteiger partial charge in [0.05, 0.1) is 0 Å². The Morgan fingerprint density at radius 3 is 2.78 bits per heavy atom. The number of aromatic carboxylic acids is 1. The topological polar surface area (TPSA) is 68.9 Å². The lowest BCUT2D eigenvalue weighted by Gasteiger charge is -2.01. The smallest absolute Gasteiger partial charge is 0.352 e. The predicted octanol–water partition coefficient (Wildman–Crippen LogP) is 3.17. The second kappa shape index (κ2) is 3.77. The van der Waals surface area contributed by atoms with Crippen LogP contribution in [-0.4, -0.2) is 21.0 Å². The molecule has 4 nitrogen and oxygen atoms in total. The average Bonchev–Trinajstić information content (AvgIpc) is 2.91. The number of carboxylic acid groups (broad SMARTS) is 1. The van der Waals surface area contributed by atoms with E-state index in [0.29, 0.717) is 0 Å². The summed E-state index contributed by atoms with van der Waals surface area (Å²) in [5.41, 5.74) is 3.88. The highest BCUT2D eigenvalue weighted by molar-refractivity contribution is 6.03. The lowest BCUT2D eigenvalue weighted by molar-refractivity contribution is 0.0692. The largest absolute Gasteiger partial charge is 0.477 e. The number of H-pyrrole nitrogens is 2. The third kappa shape index (κ3) is 1.43. The lowest BCUT2D eigenvalue weighted by atomic mass is 10.0. The molecule has 0 radical (unpaired) electrons. The minimum atomic E-state index is -0.945. The van der Waals surface area contributed by atoms with Gasteiger partial charge in [0.1, 0.15) is 5.69 Å². The second-order valence-corrected chi connectivity index (χ2v) is 4.24. The van der Waals surface area contributed by atoms with Crippen molar-refractivity contribution in [3.8, 4) is 11.1 Å². The molecule has 3 rings (SSSR count). The van der Waals surface area contributed by atoms with Crippen LogP contribution in [0.25, 0.3) is 22.0 Å². The fourth-order valence-electron chi connectivity index (χ4n) is 2.38. The summed E-state index contributed by atoms with van der Waals surface area (Å²) in [4.78, 5) is 17.2. The molecule has 3 N–H and O–H groups in total. The average molecular weight is 240 g/mol. The van der Waals surface area contributed by atoms with Gasteiger partial charge in [-0.2, -0.15) is 0 Å². The molecule has 0 aliphatic rings. The molecular weight excluding hydrogens is 228 g/mol. The molecular formula is C14H12N2O2. The third-order valence-corrected chi connectivity index (χ3v) is 3.12. The summed E-state index contributed by atoms with van der Waals surface area (Å²) in [6, 6.07) is 9.68. The minimum absolute atomic E-state index is 0.225. The van der Waals surface area contributed by atoms with Crippen molar-refractivity contribution in [3.05, 3.63) is 47.9 Å². The molecule has 0 aliphatic carbocycles. The molecule has 0 saturated heterocycles. The van der Waals surface area contributed by atoms with Crippen molar-refractivity contribution in [1.82, 2.24) is 9.97 Å². The van der Waals surface area contributed by atoms with Crippen LogP contribution < -0.4 is 0 Å². The quantitative estimate of drug-likeness (QED) is 0.644. The number of aromatic amines is 2. The molecule has 0 saturated carbocycles. The Hall–Kier alpha value is -2.49. The van der Waals surface area contributed by atoms with E-state index < -0.39 is 5.97 Å². The molecule has 0 bridgehead atoms. The summed E-state index contributed by atoms with van der Waals surface area (Å²) < 4.78 is 0. The molecule has 1 aromatic carbocycles. The first-order valence-electron chi connectivity index (χ1n) is 5.67. The third-order valence-electron chi connectivity index (χ3n) is 3.12. The van der Waals surface area contributed by atoms with E-state index in [1.54, 1.807) is 12.3 Å². The Bertz CT molecular complexity index is 737. The maximum atomic E-state index is 11.2. The van der Waals surface area contributed by atoms with Gasteiger partial charge in [-0.25, -0.2) is 4.79 Å². The molecule has 3 aromatic rings. The maximum absolute atomic E-state index is 11.2. The molecule has 0 unspecified atom stereocenters. The standard InChI is InChI=1S/C14H12N2O2/c1-8-12(9-4-2-3-5-11(9)16-8)10-6-7-15-13(10)14(17)18/h2-7,15-16H,1H3,(H,17,18). The van der Waals surface area contributed by atoms with E-state index in [9.17, 15) is 9.90 Å². The van der Waals surface area contributed by atoms with Crippen LogP contribution in [0.5, 0.6) is 0 Å². The molecule has 4 heteroatoms. The first-order valence-corrected chi connectivity index (χ1v) is 5.67. The van der Waals surface area contributed by atoms with Gasteiger partial charge in [-0.1, -0.05) is 18.2 Å². The Morgan fingerprint density at radius 2 is 2.00 bits per heavy atom. The Kier molecular flexibility index (Phi) is 2.23. The van der Waals surface area contributed by atoms with Gasteiger partial charge in [-0.05, 0) is 19.1 Å². The van der Waals surface area contributed by atoms with E-state index in [0.717, 1.165) is 27.7 Å². The Morgan fingerprint density at radius 1 is 1.22 bits per heavy atom. The van der Waals surface area contributed by atoms with Gasteiger partial charge >= 0.3 is 5.97 Å². The fourth-order valence-corrected chi connectivity index (χ4v) is 2.38. The summed E-state index contributed by atoms with van der Waals surface area (Å²) in [5, 5.41) is 10.2. The second-order valence-electron chi connectivity index (χ2n) is 4.24. The van der Waals surface area contributed by atoms with Crippen LogP contribution in [-0.2, 0) is 0 Å². The van der Waals surface area contributed by atoms with Crippen molar-refractivity contribution in [2.75, 3.05) is 0 Å². The highest BCUT2D eigenvalue weighted by atomic mass is 16.4. The molecule has 0 aliphatic heterocycles. The summed E-state index contributed by atoms with van der Waals surface area (Å²) in [7, 11) is 0. The number of carboxylic acids is 1. The molecule has 18 heavy (non-hydrogen) atoms. The molecule has 0 atom stereocenters. The van der Waals surface area contributed by atoms with Crippen molar-refractivity contribution < 1.29 is 9.90 Å². The van der Waals surface area contributed by atoms with Gasteiger partial charge in [0, 0.05) is 33.9 Å². The zero-order valence-corrected chi connectivity index (χ0v) is 9.82. The van der Waals surface area contributed by atoms with Crippen molar-refractivity contribution in [1.29, 1.82) is 0 Å². The highest BCUT2D eigenvalue weighted by Crippen LogP contribution is 2.33. The summed E-state index contributed by atoms with van der Waals surface area (Å²) in [6.07, 6.45) is 1.65. The van der Waals surface area contributed by atoms with Crippen LogP contribution in [0.15, 0.2) is 36.5 Å². The molecule has 2 aromatic heterocycles. The zero-order chi connectivity index (χ0) is 12.7. The van der Waals surface area contributed by atoms with E-state index in [4.69, 9.17) is 0 Å². The number of benzene rings is 1. The highest BCUT2D eigenvalue weighted by Gasteiger charge is 2.17. The molecule has 0 amide bonds. The monoisotopic (exact) mass is 240 g/mol. The molecule has 90 valence electrons. The maximum Gasteiger partial charge on any atom is 0.352 e. The molecule has 0 spiro atoms. The Balaban J connectivity index is 2.34. The zero-order valence-electron chi connectivity index (χ0n) is 9.82. The van der Waals surface area contributed by atoms with Crippen LogP contribution in [0.4, 0.5) is 0 Å². The van der Waals surface area contributed by atoms with Crippen LogP contribution in [0.3, 0.4) is 0 Å². The SMILES string of the molecule is Cc1[nH]c2ccccc2c1-c1cc[nH]c1C(=O)O. The van der Waals surface area contributed by atoms with Crippen LogP contribution in [0.2, 0.25) is 0 Å². The first-order chi connectivity index (χ1) is 8.68. The number of aryl methyl sites for hydroxylation is 1. The van der Waals surface area contributed by atoms with Gasteiger partial charge in [-0.3, -0.25) is 0 Å². The van der Waals surface area contributed by atoms with Crippen molar-refractivity contribution >= 4 is 16.9 Å². The number of para-hydroxylation sites is 1. The lowest BCUT2D eigenvalue weighted by Crippen LogP contribution is -1.98. The number of fused-ring (bicyclic) bond motifs is 1. The van der Waals surface area contributed by atoms with E-state index in [1.165, 1.54) is 0 Å². The summed E-state index contributed by atoms with van der Waals surface area (Å²) in [5.74, 6) is -0.945. The molecule has 2 heterocycles.